The van der Waals surface area contributed by atoms with Crippen LogP contribution in [0, 0.1) is 0 Å². The first-order valence-corrected chi connectivity index (χ1v) is 12.9. The summed E-state index contributed by atoms with van der Waals surface area (Å²) in [5.74, 6) is -0.103. The average molecular weight is 525 g/mol. The molecule has 1 heterocycles. The number of nitrogens with one attached hydrogen (secondary N) is 2. The van der Waals surface area contributed by atoms with E-state index in [4.69, 9.17) is 0 Å². The van der Waals surface area contributed by atoms with Crippen molar-refractivity contribution in [2.45, 2.75) is 63.8 Å². The summed E-state index contributed by atoms with van der Waals surface area (Å²) in [5.41, 5.74) is -0.131. The molecule has 0 aliphatic carbocycles. The average Bonchev–Trinajstić information content (AvgIpc) is 3.25. The quantitative estimate of drug-likeness (QED) is 0.165. The molecule has 0 spiro atoms. The molecule has 0 saturated heterocycles. The van der Waals surface area contributed by atoms with Crippen LogP contribution in [-0.2, 0) is 18.4 Å². The van der Waals surface area contributed by atoms with Gasteiger partial charge in [-0.1, -0.05) is 63.2 Å². The van der Waals surface area contributed by atoms with Crippen LogP contribution >= 0.6 is 0 Å². The molecule has 0 fully saturated rings. The lowest BCUT2D eigenvalue weighted by atomic mass is 9.72. The van der Waals surface area contributed by atoms with E-state index in [1.165, 1.54) is 6.07 Å². The largest absolute Gasteiger partial charge is 0.508 e. The summed E-state index contributed by atoms with van der Waals surface area (Å²) in [6.45, 7) is 6.88. The topological polar surface area (TPSA) is 68.3 Å². The highest BCUT2D eigenvalue weighted by molar-refractivity contribution is 5.81. The van der Waals surface area contributed by atoms with Crippen molar-refractivity contribution < 1.29 is 23.4 Å². The Bertz CT molecular complexity index is 1380. The number of alkyl halides is 3. The van der Waals surface area contributed by atoms with Gasteiger partial charge in [0.1, 0.15) is 5.75 Å². The summed E-state index contributed by atoms with van der Waals surface area (Å²) in [7, 11) is 0. The zero-order valence-corrected chi connectivity index (χ0v) is 22.0. The third-order valence-corrected chi connectivity index (χ3v) is 7.07. The van der Waals surface area contributed by atoms with Crippen LogP contribution in [0.2, 0.25) is 0 Å². The molecule has 0 radical (unpaired) electrons. The van der Waals surface area contributed by atoms with Crippen LogP contribution in [-0.4, -0.2) is 33.5 Å². The van der Waals surface area contributed by atoms with Crippen molar-refractivity contribution in [2.24, 2.45) is 0 Å². The number of rotatable bonds is 10. The molecule has 3 aromatic carbocycles. The molecule has 7 heteroatoms. The molecule has 4 aromatic rings. The van der Waals surface area contributed by atoms with E-state index in [-0.39, 0.29) is 5.75 Å². The number of aromatic hydroxyl groups is 1. The number of H-pyrrole nitrogens is 1. The number of halogens is 3. The summed E-state index contributed by atoms with van der Waals surface area (Å²) in [5, 5.41) is 25.9. The van der Waals surface area contributed by atoms with Gasteiger partial charge in [-0.05, 0) is 77.2 Å². The van der Waals surface area contributed by atoms with E-state index in [9.17, 15) is 23.4 Å². The van der Waals surface area contributed by atoms with Crippen molar-refractivity contribution in [1.82, 2.24) is 10.3 Å². The lowest BCUT2D eigenvalue weighted by Gasteiger charge is -2.38. The number of phenolic OH excluding ortho intramolecular Hbond substituents is 1. The van der Waals surface area contributed by atoms with Crippen molar-refractivity contribution in [3.05, 3.63) is 89.6 Å². The molecule has 0 amide bonds. The molecule has 4 rings (SSSR count). The number of hydrogen-bond acceptors (Lipinski definition) is 3. The first-order valence-electron chi connectivity index (χ1n) is 12.9. The van der Waals surface area contributed by atoms with E-state index in [1.54, 1.807) is 32.0 Å². The minimum Gasteiger partial charge on any atom is -0.508 e. The molecule has 4 nitrogen and oxygen atoms in total. The van der Waals surface area contributed by atoms with Gasteiger partial charge in [0.05, 0.1) is 0 Å². The Morgan fingerprint density at radius 3 is 2.32 bits per heavy atom. The normalized spacial score (nSPS) is 14.1. The first-order chi connectivity index (χ1) is 17.9. The van der Waals surface area contributed by atoms with E-state index in [0.29, 0.717) is 17.8 Å². The molecule has 202 valence electrons. The molecule has 1 aromatic heterocycles. The van der Waals surface area contributed by atoms with Crippen LogP contribution < -0.4 is 5.32 Å². The first kappa shape index (κ1) is 27.7. The molecule has 4 N–H and O–H groups in total. The zero-order valence-electron chi connectivity index (χ0n) is 22.0. The highest BCUT2D eigenvalue weighted by Gasteiger charge is 2.56. The molecule has 38 heavy (non-hydrogen) atoms. The van der Waals surface area contributed by atoms with E-state index >= 15 is 0 Å². The third-order valence-electron chi connectivity index (χ3n) is 7.07. The van der Waals surface area contributed by atoms with Crippen molar-refractivity contribution >= 4 is 10.9 Å². The summed E-state index contributed by atoms with van der Waals surface area (Å²) in [4.78, 5) is 3.06. The maximum atomic E-state index is 14.4. The lowest BCUT2D eigenvalue weighted by molar-refractivity contribution is -0.266. The minimum absolute atomic E-state index is 0.103. The number of fused-ring (bicyclic) bond motifs is 1. The molecule has 0 aliphatic rings. The Kier molecular flexibility index (Phi) is 7.90. The fourth-order valence-corrected chi connectivity index (χ4v) is 5.15. The number of aliphatic hydroxyl groups is 1. The summed E-state index contributed by atoms with van der Waals surface area (Å²) in [6, 6.07) is 21.8. The maximum Gasteiger partial charge on any atom is 0.417 e. The standard InChI is InChI=1S/C31H35F3N2O2/c1-4-14-35-19-21-10-12-27-24(15-21)16-25(36-27)18-30(38,31(32,33)34)20-29(2,3)26-17-23(11-13-28(26)37)22-8-6-5-7-9-22/h5-13,15-17,35-38H,4,14,18-20H2,1-3H3. The maximum absolute atomic E-state index is 14.4. The number of phenols is 1. The predicted molar refractivity (Wildman–Crippen MR) is 146 cm³/mol. The number of benzene rings is 3. The third kappa shape index (κ3) is 6.05. The van der Waals surface area contributed by atoms with Crippen molar-refractivity contribution in [2.75, 3.05) is 6.54 Å². The predicted octanol–water partition coefficient (Wildman–Crippen LogP) is 7.24. The summed E-state index contributed by atoms with van der Waals surface area (Å²) in [6.07, 6.45) is -5.13. The van der Waals surface area contributed by atoms with Gasteiger partial charge in [0.25, 0.3) is 0 Å². The van der Waals surface area contributed by atoms with E-state index in [2.05, 4.69) is 17.2 Å². The minimum atomic E-state index is -4.89. The van der Waals surface area contributed by atoms with Gasteiger partial charge in [-0.3, -0.25) is 0 Å². The molecule has 0 bridgehead atoms. The Labute approximate surface area is 221 Å². The second kappa shape index (κ2) is 10.8. The molecule has 0 aliphatic heterocycles. The Morgan fingerprint density at radius 2 is 1.63 bits per heavy atom. The van der Waals surface area contributed by atoms with Gasteiger partial charge in [-0.15, -0.1) is 0 Å². The Hall–Kier alpha value is -3.29. The summed E-state index contributed by atoms with van der Waals surface area (Å²) >= 11 is 0. The van der Waals surface area contributed by atoms with Crippen LogP contribution in [0.25, 0.3) is 22.0 Å². The van der Waals surface area contributed by atoms with Gasteiger partial charge < -0.3 is 20.5 Å². The van der Waals surface area contributed by atoms with E-state index in [1.807, 2.05) is 48.5 Å². The number of hydrogen-bond donors (Lipinski definition) is 4. The van der Waals surface area contributed by atoms with E-state index in [0.717, 1.165) is 40.6 Å². The van der Waals surface area contributed by atoms with Gasteiger partial charge in [-0.2, -0.15) is 13.2 Å². The van der Waals surface area contributed by atoms with Crippen molar-refractivity contribution in [3.8, 4) is 16.9 Å². The lowest BCUT2D eigenvalue weighted by Crippen LogP contribution is -2.50. The number of aromatic amines is 1. The molecular weight excluding hydrogens is 489 g/mol. The summed E-state index contributed by atoms with van der Waals surface area (Å²) < 4.78 is 43.3. The highest BCUT2D eigenvalue weighted by atomic mass is 19.4. The smallest absolute Gasteiger partial charge is 0.417 e. The second-order valence-corrected chi connectivity index (χ2v) is 10.8. The van der Waals surface area contributed by atoms with Crippen LogP contribution in [0.1, 0.15) is 50.4 Å². The molecule has 1 unspecified atom stereocenters. The fraction of sp³-hybridized carbons (Fsp3) is 0.355. The highest BCUT2D eigenvalue weighted by Crippen LogP contribution is 2.45. The van der Waals surface area contributed by atoms with Crippen LogP contribution in [0.4, 0.5) is 13.2 Å². The molecule has 1 atom stereocenters. The molecule has 0 saturated carbocycles. The van der Waals surface area contributed by atoms with Crippen LogP contribution in [0.5, 0.6) is 5.75 Å². The number of aromatic nitrogens is 1. The zero-order chi connectivity index (χ0) is 27.6. The Morgan fingerprint density at radius 1 is 0.895 bits per heavy atom. The second-order valence-electron chi connectivity index (χ2n) is 10.8. The van der Waals surface area contributed by atoms with E-state index < -0.39 is 30.0 Å². The van der Waals surface area contributed by atoms with Crippen molar-refractivity contribution in [1.29, 1.82) is 0 Å². The van der Waals surface area contributed by atoms with Crippen molar-refractivity contribution in [3.63, 3.8) is 0 Å². The van der Waals surface area contributed by atoms with Gasteiger partial charge in [-0.25, -0.2) is 0 Å². The van der Waals surface area contributed by atoms with Crippen LogP contribution in [0.3, 0.4) is 0 Å². The van der Waals surface area contributed by atoms with Gasteiger partial charge in [0.2, 0.25) is 0 Å². The van der Waals surface area contributed by atoms with Gasteiger partial charge >= 0.3 is 6.18 Å². The van der Waals surface area contributed by atoms with Gasteiger partial charge in [0.15, 0.2) is 5.60 Å². The van der Waals surface area contributed by atoms with Gasteiger partial charge in [0, 0.05) is 29.7 Å². The molecular formula is C31H35F3N2O2. The SMILES string of the molecule is CCCNCc1ccc2[nH]c(CC(O)(CC(C)(C)c3cc(-c4ccccc4)ccc3O)C(F)(F)F)cc2c1. The fourth-order valence-electron chi connectivity index (χ4n) is 5.15. The Balaban J connectivity index is 1.63. The van der Waals surface area contributed by atoms with Crippen LogP contribution in [0.15, 0.2) is 72.8 Å². The monoisotopic (exact) mass is 524 g/mol.